The maximum Gasteiger partial charge on any atom is 0.232 e. The number of carbonyl (C=O) groups excluding carboxylic acids is 1. The highest BCUT2D eigenvalue weighted by molar-refractivity contribution is 5.98. The van der Waals surface area contributed by atoms with Gasteiger partial charge in [0.2, 0.25) is 5.88 Å². The topological polar surface area (TPSA) is 83.8 Å². The van der Waals surface area contributed by atoms with E-state index >= 15 is 0 Å². The molecule has 2 aliphatic heterocycles. The molecule has 0 spiro atoms. The highest BCUT2D eigenvalue weighted by Crippen LogP contribution is 2.31. The molecule has 0 bridgehead atoms. The highest BCUT2D eigenvalue weighted by atomic mass is 16.5. The minimum Gasteiger partial charge on any atom is -0.438 e. The lowest BCUT2D eigenvalue weighted by Gasteiger charge is -2.32. The molecular formula is C33H34N6O2. The number of carbonyl (C=O) groups is 1. The van der Waals surface area contributed by atoms with Crippen molar-refractivity contribution < 1.29 is 9.53 Å². The monoisotopic (exact) mass is 546 g/mol. The van der Waals surface area contributed by atoms with Crippen molar-refractivity contribution in [1.29, 1.82) is 0 Å². The summed E-state index contributed by atoms with van der Waals surface area (Å²) >= 11 is 0. The van der Waals surface area contributed by atoms with Crippen molar-refractivity contribution >= 4 is 12.0 Å². The average Bonchev–Trinajstić information content (AvgIpc) is 3.47. The minimum absolute atomic E-state index is 0.0911. The first-order valence-corrected chi connectivity index (χ1v) is 14.0. The first kappa shape index (κ1) is 26.9. The van der Waals surface area contributed by atoms with Gasteiger partial charge in [0.25, 0.3) is 0 Å². The summed E-state index contributed by atoms with van der Waals surface area (Å²) in [4.78, 5) is 36.2. The van der Waals surface area contributed by atoms with Crippen molar-refractivity contribution in [3.8, 4) is 23.0 Å². The number of aryl methyl sites for hydroxylation is 2. The number of Topliss-reactive ketones (excluding diaryl/α,β-unsaturated/α-hetero) is 1. The largest absolute Gasteiger partial charge is 0.438 e. The summed E-state index contributed by atoms with van der Waals surface area (Å²) in [6.07, 6.45) is 5.50. The van der Waals surface area contributed by atoms with Gasteiger partial charge in [0, 0.05) is 68.9 Å². The van der Waals surface area contributed by atoms with Crippen molar-refractivity contribution in [2.24, 2.45) is 4.99 Å². The number of fused-ring (bicyclic) bond motifs is 1. The highest BCUT2D eigenvalue weighted by Gasteiger charge is 2.20. The first-order valence-electron chi connectivity index (χ1n) is 14.0. The van der Waals surface area contributed by atoms with Crippen LogP contribution in [0.4, 0.5) is 0 Å². The predicted octanol–water partition coefficient (Wildman–Crippen LogP) is 5.05. The zero-order chi connectivity index (χ0) is 28.3. The quantitative estimate of drug-likeness (QED) is 0.286. The van der Waals surface area contributed by atoms with E-state index in [9.17, 15) is 4.79 Å². The number of likely N-dealkylation sites (N-methyl/N-ethyl adjacent to an activating group) is 1. The van der Waals surface area contributed by atoms with Crippen LogP contribution >= 0.6 is 0 Å². The summed E-state index contributed by atoms with van der Waals surface area (Å²) in [6.45, 7) is 9.87. The predicted molar refractivity (Wildman–Crippen MR) is 160 cm³/mol. The maximum atomic E-state index is 13.4. The molecule has 0 radical (unpaired) electrons. The number of aromatic nitrogens is 3. The second-order valence-electron chi connectivity index (χ2n) is 10.9. The molecule has 4 aromatic rings. The van der Waals surface area contributed by atoms with E-state index in [1.165, 1.54) is 5.56 Å². The molecule has 2 aromatic carbocycles. The van der Waals surface area contributed by atoms with Crippen molar-refractivity contribution in [3.63, 3.8) is 0 Å². The van der Waals surface area contributed by atoms with E-state index in [1.54, 1.807) is 18.6 Å². The van der Waals surface area contributed by atoms with Crippen LogP contribution in [0.5, 0.6) is 11.6 Å². The van der Waals surface area contributed by atoms with Crippen molar-refractivity contribution in [1.82, 2.24) is 24.8 Å². The van der Waals surface area contributed by atoms with Gasteiger partial charge in [0.05, 0.1) is 17.8 Å². The minimum atomic E-state index is 0.0911. The van der Waals surface area contributed by atoms with Crippen LogP contribution in [-0.4, -0.2) is 70.0 Å². The molecule has 2 aliphatic rings. The van der Waals surface area contributed by atoms with Crippen molar-refractivity contribution in [2.75, 3.05) is 33.2 Å². The van der Waals surface area contributed by atoms with Gasteiger partial charge in [-0.05, 0) is 73.5 Å². The van der Waals surface area contributed by atoms with E-state index in [2.05, 4.69) is 44.8 Å². The maximum absolute atomic E-state index is 13.4. The molecular weight excluding hydrogens is 512 g/mol. The Kier molecular flexibility index (Phi) is 7.67. The van der Waals surface area contributed by atoms with E-state index in [-0.39, 0.29) is 5.78 Å². The fourth-order valence-corrected chi connectivity index (χ4v) is 5.25. The Balaban J connectivity index is 1.19. The molecule has 4 heterocycles. The Morgan fingerprint density at radius 1 is 0.951 bits per heavy atom. The van der Waals surface area contributed by atoms with Gasteiger partial charge in [-0.1, -0.05) is 18.2 Å². The summed E-state index contributed by atoms with van der Waals surface area (Å²) in [5.41, 5.74) is 7.56. The summed E-state index contributed by atoms with van der Waals surface area (Å²) in [5, 5.41) is 0. The Morgan fingerprint density at radius 2 is 1.80 bits per heavy atom. The van der Waals surface area contributed by atoms with Crippen LogP contribution in [0.2, 0.25) is 0 Å². The molecule has 0 saturated carbocycles. The van der Waals surface area contributed by atoms with Gasteiger partial charge in [0.1, 0.15) is 5.75 Å². The normalized spacial score (nSPS) is 15.2. The molecule has 0 atom stereocenters. The lowest BCUT2D eigenvalue weighted by atomic mass is 9.96. The third-order valence-corrected chi connectivity index (χ3v) is 7.91. The number of hydrogen-bond donors (Lipinski definition) is 0. The van der Waals surface area contributed by atoms with Crippen molar-refractivity contribution in [3.05, 3.63) is 100.0 Å². The number of hydrogen-bond acceptors (Lipinski definition) is 8. The number of piperazine rings is 1. The van der Waals surface area contributed by atoms with Crippen LogP contribution in [0.1, 0.15) is 43.9 Å². The van der Waals surface area contributed by atoms with Crippen LogP contribution < -0.4 is 4.74 Å². The standard InChI is InChI=1S/C33H34N6O2/c1-22-6-9-28(41-33-29-19-35-20-30(29)36-32(37-33)25-5-4-10-34-18-25)16-27(22)17-31(40)24-7-8-26(23(2)15-24)21-39-13-11-38(3)12-14-39/h4-10,15-16,18-19H,11-14,17,20-21H2,1-3H3. The van der Waals surface area contributed by atoms with Gasteiger partial charge >= 0.3 is 0 Å². The van der Waals surface area contributed by atoms with Crippen LogP contribution in [-0.2, 0) is 19.5 Å². The fraction of sp³-hybridized carbons (Fsp3) is 0.303. The van der Waals surface area contributed by atoms with Crippen molar-refractivity contribution in [2.45, 2.75) is 33.4 Å². The van der Waals surface area contributed by atoms with E-state index in [0.29, 0.717) is 30.4 Å². The third kappa shape index (κ3) is 6.09. The molecule has 208 valence electrons. The van der Waals surface area contributed by atoms with Crippen LogP contribution in [0.25, 0.3) is 11.4 Å². The lowest BCUT2D eigenvalue weighted by molar-refractivity contribution is 0.0992. The summed E-state index contributed by atoms with van der Waals surface area (Å²) in [5.74, 6) is 1.71. The summed E-state index contributed by atoms with van der Waals surface area (Å²) in [6, 6.07) is 15.7. The SMILES string of the molecule is Cc1ccc(Oc2nc(-c3cccnc3)nc3c2C=NC3)cc1CC(=O)c1ccc(CN2CCN(C)CC2)c(C)c1. The number of ketones is 1. The molecule has 0 unspecified atom stereocenters. The molecule has 1 saturated heterocycles. The second-order valence-corrected chi connectivity index (χ2v) is 10.9. The summed E-state index contributed by atoms with van der Waals surface area (Å²) in [7, 11) is 2.17. The molecule has 0 N–H and O–H groups in total. The Labute approximate surface area is 240 Å². The molecule has 41 heavy (non-hydrogen) atoms. The number of rotatable bonds is 8. The average molecular weight is 547 g/mol. The fourth-order valence-electron chi connectivity index (χ4n) is 5.25. The van der Waals surface area contributed by atoms with Crippen LogP contribution in [0, 0.1) is 13.8 Å². The number of ether oxygens (including phenoxy) is 1. The van der Waals surface area contributed by atoms with Gasteiger partial charge < -0.3 is 9.64 Å². The van der Waals surface area contributed by atoms with Gasteiger partial charge in [-0.2, -0.15) is 4.98 Å². The summed E-state index contributed by atoms with van der Waals surface area (Å²) < 4.78 is 6.30. The Bertz CT molecular complexity index is 1610. The van der Waals surface area contributed by atoms with Crippen LogP contribution in [0.15, 0.2) is 65.9 Å². The first-order chi connectivity index (χ1) is 19.9. The number of aliphatic imine (C=N–C) groups is 1. The molecule has 0 aliphatic carbocycles. The zero-order valence-corrected chi connectivity index (χ0v) is 23.8. The van der Waals surface area contributed by atoms with Crippen LogP contribution in [0.3, 0.4) is 0 Å². The third-order valence-electron chi connectivity index (χ3n) is 7.91. The zero-order valence-electron chi connectivity index (χ0n) is 23.8. The molecule has 0 amide bonds. The number of nitrogens with zero attached hydrogens (tertiary/aromatic N) is 6. The smallest absolute Gasteiger partial charge is 0.232 e. The Hall–Kier alpha value is -4.27. The van der Waals surface area contributed by atoms with Gasteiger partial charge in [-0.3, -0.25) is 19.7 Å². The molecule has 6 rings (SSSR count). The molecule has 2 aromatic heterocycles. The number of pyridine rings is 1. The molecule has 8 heteroatoms. The second kappa shape index (κ2) is 11.7. The van der Waals surface area contributed by atoms with E-state index in [4.69, 9.17) is 9.72 Å². The van der Waals surface area contributed by atoms with Gasteiger partial charge in [-0.15, -0.1) is 0 Å². The molecule has 8 nitrogen and oxygen atoms in total. The van der Waals surface area contributed by atoms with Gasteiger partial charge in [-0.25, -0.2) is 4.98 Å². The van der Waals surface area contributed by atoms with E-state index < -0.39 is 0 Å². The van der Waals surface area contributed by atoms with Gasteiger partial charge in [0.15, 0.2) is 11.6 Å². The Morgan fingerprint density at radius 3 is 2.59 bits per heavy atom. The molecule has 1 fully saturated rings. The number of benzene rings is 2. The van der Waals surface area contributed by atoms with E-state index in [0.717, 1.165) is 71.8 Å². The lowest BCUT2D eigenvalue weighted by Crippen LogP contribution is -2.43. The van der Waals surface area contributed by atoms with E-state index in [1.807, 2.05) is 49.4 Å².